The Morgan fingerprint density at radius 2 is 2.00 bits per heavy atom. The zero-order valence-electron chi connectivity index (χ0n) is 6.27. The van der Waals surface area contributed by atoms with Crippen LogP contribution in [0.1, 0.15) is 17.3 Å². The molecule has 1 rings (SSSR count). The number of carbonyl (C=O) groups is 1. The molecule has 0 amide bonds. The molecule has 0 bridgehead atoms. The number of ketones is 1. The fourth-order valence-electron chi connectivity index (χ4n) is 0.831. The van der Waals surface area contributed by atoms with Crippen molar-refractivity contribution in [2.45, 2.75) is 6.92 Å². The minimum atomic E-state index is -0.0847. The maximum Gasteiger partial charge on any atom is 0.161 e. The summed E-state index contributed by atoms with van der Waals surface area (Å²) in [6.07, 6.45) is 0. The van der Waals surface area contributed by atoms with Gasteiger partial charge >= 0.3 is 0 Å². The van der Waals surface area contributed by atoms with Crippen LogP contribution < -0.4 is 0 Å². The van der Waals surface area contributed by atoms with Gasteiger partial charge in [0.2, 0.25) is 0 Å². The van der Waals surface area contributed by atoms with Gasteiger partial charge in [0.25, 0.3) is 0 Å². The molecule has 0 aromatic heterocycles. The van der Waals surface area contributed by atoms with Crippen LogP contribution in [0.4, 0.5) is 0 Å². The molecule has 4 heteroatoms. The molecule has 1 N–H and O–H groups in total. The van der Waals surface area contributed by atoms with Crippen LogP contribution in [0.5, 0.6) is 5.75 Å². The molecule has 12 heavy (non-hydrogen) atoms. The van der Waals surface area contributed by atoms with Gasteiger partial charge in [-0.05, 0) is 35.0 Å². The van der Waals surface area contributed by atoms with E-state index in [1.165, 1.54) is 13.0 Å². The second-order valence-corrected chi connectivity index (χ2v) is 4.05. The smallest absolute Gasteiger partial charge is 0.161 e. The Balaban J connectivity index is 3.37. The molecule has 2 nitrogen and oxygen atoms in total. The molecular formula is C8H6Br2O2. The highest BCUT2D eigenvalue weighted by Gasteiger charge is 2.09. The first kappa shape index (κ1) is 9.74. The monoisotopic (exact) mass is 292 g/mol. The van der Waals surface area contributed by atoms with Crippen LogP contribution in [0.15, 0.2) is 21.1 Å². The van der Waals surface area contributed by atoms with E-state index < -0.39 is 0 Å². The van der Waals surface area contributed by atoms with E-state index >= 15 is 0 Å². The van der Waals surface area contributed by atoms with Crippen molar-refractivity contribution in [3.8, 4) is 5.75 Å². The molecule has 0 spiro atoms. The number of hydrogen-bond acceptors (Lipinski definition) is 2. The number of rotatable bonds is 1. The number of phenols is 1. The standard InChI is InChI=1S/C8H6Br2O2/c1-4(11)6-2-5(9)3-7(12)8(6)10/h2-3,12H,1H3. The summed E-state index contributed by atoms with van der Waals surface area (Å²) in [4.78, 5) is 11.0. The van der Waals surface area contributed by atoms with Crippen LogP contribution in [0.25, 0.3) is 0 Å². The molecule has 0 heterocycles. The van der Waals surface area contributed by atoms with Crippen molar-refractivity contribution in [2.75, 3.05) is 0 Å². The molecule has 0 aliphatic rings. The Labute approximate surface area is 86.9 Å². The van der Waals surface area contributed by atoms with Crippen LogP contribution in [-0.4, -0.2) is 10.9 Å². The van der Waals surface area contributed by atoms with Crippen molar-refractivity contribution in [3.05, 3.63) is 26.6 Å². The van der Waals surface area contributed by atoms with Crippen molar-refractivity contribution in [1.29, 1.82) is 0 Å². The predicted octanol–water partition coefficient (Wildman–Crippen LogP) is 3.12. The van der Waals surface area contributed by atoms with Crippen LogP contribution in [0, 0.1) is 0 Å². The highest BCUT2D eigenvalue weighted by atomic mass is 79.9. The third-order valence-corrected chi connectivity index (χ3v) is 2.69. The maximum atomic E-state index is 11.0. The predicted molar refractivity (Wildman–Crippen MR) is 53.5 cm³/mol. The lowest BCUT2D eigenvalue weighted by molar-refractivity contribution is 0.101. The number of halogens is 2. The maximum absolute atomic E-state index is 11.0. The fraction of sp³-hybridized carbons (Fsp3) is 0.125. The lowest BCUT2D eigenvalue weighted by atomic mass is 10.1. The highest BCUT2D eigenvalue weighted by molar-refractivity contribution is 9.11. The van der Waals surface area contributed by atoms with Gasteiger partial charge in [-0.2, -0.15) is 0 Å². The zero-order valence-corrected chi connectivity index (χ0v) is 9.44. The molecule has 0 radical (unpaired) electrons. The van der Waals surface area contributed by atoms with E-state index in [4.69, 9.17) is 0 Å². The van der Waals surface area contributed by atoms with Gasteiger partial charge in [-0.15, -0.1) is 0 Å². The molecule has 0 saturated heterocycles. The summed E-state index contributed by atoms with van der Waals surface area (Å²) < 4.78 is 1.13. The van der Waals surface area contributed by atoms with E-state index in [-0.39, 0.29) is 11.5 Å². The topological polar surface area (TPSA) is 37.3 Å². The van der Waals surface area contributed by atoms with Crippen molar-refractivity contribution in [2.24, 2.45) is 0 Å². The Kier molecular flexibility index (Phi) is 2.90. The summed E-state index contributed by atoms with van der Waals surface area (Å²) in [6.45, 7) is 1.45. The summed E-state index contributed by atoms with van der Waals surface area (Å²) in [7, 11) is 0. The lowest BCUT2D eigenvalue weighted by Crippen LogP contribution is -1.93. The number of phenolic OH excluding ortho intramolecular Hbond substituents is 1. The summed E-state index contributed by atoms with van der Waals surface area (Å²) in [6, 6.07) is 3.18. The van der Waals surface area contributed by atoms with E-state index in [1.54, 1.807) is 6.07 Å². The van der Waals surface area contributed by atoms with E-state index in [2.05, 4.69) is 31.9 Å². The van der Waals surface area contributed by atoms with Crippen LogP contribution >= 0.6 is 31.9 Å². The number of benzene rings is 1. The number of carbonyl (C=O) groups excluding carboxylic acids is 1. The molecule has 0 aliphatic carbocycles. The van der Waals surface area contributed by atoms with Gasteiger partial charge in [0, 0.05) is 10.0 Å². The first-order valence-corrected chi connectivity index (χ1v) is 4.80. The van der Waals surface area contributed by atoms with Gasteiger partial charge in [-0.1, -0.05) is 15.9 Å². The van der Waals surface area contributed by atoms with Crippen LogP contribution in [-0.2, 0) is 0 Å². The SMILES string of the molecule is CC(=O)c1cc(Br)cc(O)c1Br. The van der Waals surface area contributed by atoms with Gasteiger partial charge in [0.15, 0.2) is 5.78 Å². The van der Waals surface area contributed by atoms with Gasteiger partial charge in [-0.25, -0.2) is 0 Å². The molecule has 0 fully saturated rings. The number of hydrogen-bond donors (Lipinski definition) is 1. The molecule has 1 aromatic rings. The number of Topliss-reactive ketones (excluding diaryl/α,β-unsaturated/α-hetero) is 1. The average molecular weight is 294 g/mol. The van der Waals surface area contributed by atoms with Crippen molar-refractivity contribution in [1.82, 2.24) is 0 Å². The third-order valence-electron chi connectivity index (χ3n) is 1.40. The molecule has 0 saturated carbocycles. The molecule has 64 valence electrons. The number of aromatic hydroxyl groups is 1. The van der Waals surface area contributed by atoms with Gasteiger partial charge in [0.1, 0.15) is 5.75 Å². The quantitative estimate of drug-likeness (QED) is 0.808. The van der Waals surface area contributed by atoms with Crippen LogP contribution in [0.3, 0.4) is 0 Å². The molecule has 1 aromatic carbocycles. The average Bonchev–Trinajstić information content (AvgIpc) is 1.96. The lowest BCUT2D eigenvalue weighted by Gasteiger charge is -2.03. The molecule has 0 aliphatic heterocycles. The Bertz CT molecular complexity index is 334. The minimum Gasteiger partial charge on any atom is -0.507 e. The van der Waals surface area contributed by atoms with Crippen molar-refractivity contribution < 1.29 is 9.90 Å². The van der Waals surface area contributed by atoms with Crippen LogP contribution in [0.2, 0.25) is 0 Å². The first-order valence-electron chi connectivity index (χ1n) is 3.21. The summed E-state index contributed by atoms with van der Waals surface area (Å²) in [5, 5.41) is 9.30. The fourth-order valence-corrected chi connectivity index (χ4v) is 1.78. The van der Waals surface area contributed by atoms with Gasteiger partial charge < -0.3 is 5.11 Å². The molecule has 0 atom stereocenters. The summed E-state index contributed by atoms with van der Waals surface area (Å²) in [5.74, 6) is -0.0203. The Morgan fingerprint density at radius 3 is 2.50 bits per heavy atom. The third kappa shape index (κ3) is 1.87. The van der Waals surface area contributed by atoms with E-state index in [1.807, 2.05) is 0 Å². The summed E-state index contributed by atoms with van der Waals surface area (Å²) >= 11 is 6.31. The Hall–Kier alpha value is -0.350. The Morgan fingerprint density at radius 1 is 1.42 bits per heavy atom. The minimum absolute atomic E-state index is 0.0644. The van der Waals surface area contributed by atoms with E-state index in [0.29, 0.717) is 14.5 Å². The van der Waals surface area contributed by atoms with Crippen molar-refractivity contribution >= 4 is 37.6 Å². The normalized spacial score (nSPS) is 9.92. The van der Waals surface area contributed by atoms with Crippen molar-refractivity contribution in [3.63, 3.8) is 0 Å². The largest absolute Gasteiger partial charge is 0.507 e. The van der Waals surface area contributed by atoms with E-state index in [9.17, 15) is 9.90 Å². The van der Waals surface area contributed by atoms with E-state index in [0.717, 1.165) is 0 Å². The van der Waals surface area contributed by atoms with Gasteiger partial charge in [-0.3, -0.25) is 4.79 Å². The first-order chi connectivity index (χ1) is 5.52. The zero-order chi connectivity index (χ0) is 9.30. The summed E-state index contributed by atoms with van der Waals surface area (Å²) in [5.41, 5.74) is 0.474. The molecular weight excluding hydrogens is 288 g/mol. The second-order valence-electron chi connectivity index (χ2n) is 2.34. The second kappa shape index (κ2) is 3.58. The highest BCUT2D eigenvalue weighted by Crippen LogP contribution is 2.31. The molecule has 0 unspecified atom stereocenters. The van der Waals surface area contributed by atoms with Gasteiger partial charge in [0.05, 0.1) is 4.47 Å².